The molecule has 0 aliphatic carbocycles. The van der Waals surface area contributed by atoms with Crippen LogP contribution in [-0.4, -0.2) is 26.0 Å². The van der Waals surface area contributed by atoms with Gasteiger partial charge in [-0.3, -0.25) is 4.79 Å². The second-order valence-electron chi connectivity index (χ2n) is 6.25. The number of benzene rings is 2. The summed E-state index contributed by atoms with van der Waals surface area (Å²) < 4.78 is 0. The summed E-state index contributed by atoms with van der Waals surface area (Å²) in [4.78, 5) is 14.3. The van der Waals surface area contributed by atoms with E-state index in [1.807, 2.05) is 19.2 Å². The molecule has 0 saturated heterocycles. The van der Waals surface area contributed by atoms with Gasteiger partial charge in [-0.05, 0) is 55.8 Å². The summed E-state index contributed by atoms with van der Waals surface area (Å²) in [6, 6.07) is 16.8. The first-order valence-corrected chi connectivity index (χ1v) is 8.62. The zero-order chi connectivity index (χ0) is 16.8. The van der Waals surface area contributed by atoms with Crippen molar-refractivity contribution >= 4 is 42.1 Å². The van der Waals surface area contributed by atoms with Crippen LogP contribution in [0.2, 0.25) is 0 Å². The Hall–Kier alpha value is -1.75. The Morgan fingerprint density at radius 1 is 1.08 bits per heavy atom. The Labute approximate surface area is 168 Å². The van der Waals surface area contributed by atoms with E-state index in [0.29, 0.717) is 6.42 Å². The quantitative estimate of drug-likeness (QED) is 0.695. The Bertz CT molecular complexity index is 692. The molecule has 4 nitrogen and oxygen atoms in total. The summed E-state index contributed by atoms with van der Waals surface area (Å²) in [6.07, 6.45) is 2.53. The molecule has 0 fully saturated rings. The molecule has 2 N–H and O–H groups in total. The highest BCUT2D eigenvalue weighted by atomic mass is 35.5. The molecule has 2 aromatic rings. The number of fused-ring (bicyclic) bond motifs is 1. The van der Waals surface area contributed by atoms with Crippen LogP contribution in [-0.2, 0) is 17.8 Å². The van der Waals surface area contributed by atoms with E-state index in [-0.39, 0.29) is 30.7 Å². The molecule has 6 heteroatoms. The highest BCUT2D eigenvalue weighted by molar-refractivity contribution is 5.90. The summed E-state index contributed by atoms with van der Waals surface area (Å²) in [5, 5.41) is 6.01. The van der Waals surface area contributed by atoms with E-state index in [1.165, 1.54) is 16.8 Å². The molecule has 2 aromatic carbocycles. The fraction of sp³-hybridized carbons (Fsp3) is 0.350. The maximum Gasteiger partial charge on any atom is 0.224 e. The lowest BCUT2D eigenvalue weighted by molar-refractivity contribution is -0.116. The van der Waals surface area contributed by atoms with E-state index < -0.39 is 0 Å². The maximum atomic E-state index is 11.8. The molecule has 0 bridgehead atoms. The number of para-hydroxylation sites is 1. The second kappa shape index (κ2) is 11.1. The first-order chi connectivity index (χ1) is 11.8. The number of carbonyl (C=O) groups excluding carboxylic acids is 1. The van der Waals surface area contributed by atoms with Crippen LogP contribution < -0.4 is 15.5 Å². The van der Waals surface area contributed by atoms with Crippen LogP contribution in [0.4, 0.5) is 11.4 Å². The van der Waals surface area contributed by atoms with Crippen LogP contribution in [0.25, 0.3) is 0 Å². The van der Waals surface area contributed by atoms with Gasteiger partial charge in [0.05, 0.1) is 0 Å². The third-order valence-corrected chi connectivity index (χ3v) is 4.43. The average molecular weight is 396 g/mol. The summed E-state index contributed by atoms with van der Waals surface area (Å²) in [5.74, 6) is 0.0754. The van der Waals surface area contributed by atoms with E-state index in [2.05, 4.69) is 51.9 Å². The lowest BCUT2D eigenvalue weighted by Gasteiger charge is -2.19. The van der Waals surface area contributed by atoms with Crippen LogP contribution in [0.1, 0.15) is 24.0 Å². The van der Waals surface area contributed by atoms with Crippen molar-refractivity contribution in [2.75, 3.05) is 30.4 Å². The third-order valence-electron chi connectivity index (χ3n) is 4.43. The van der Waals surface area contributed by atoms with E-state index in [9.17, 15) is 4.79 Å². The van der Waals surface area contributed by atoms with Crippen molar-refractivity contribution in [3.8, 4) is 0 Å². The minimum absolute atomic E-state index is 0. The smallest absolute Gasteiger partial charge is 0.224 e. The number of nitrogens with one attached hydrogen (secondary N) is 2. The highest BCUT2D eigenvalue weighted by Gasteiger charge is 2.18. The topological polar surface area (TPSA) is 44.4 Å². The molecule has 0 saturated carbocycles. The van der Waals surface area contributed by atoms with Crippen molar-refractivity contribution in [2.24, 2.45) is 0 Å². The molecule has 3 rings (SSSR count). The number of carbonyl (C=O) groups is 1. The van der Waals surface area contributed by atoms with E-state index in [4.69, 9.17) is 0 Å². The molecule has 26 heavy (non-hydrogen) atoms. The Balaban J connectivity index is 0.00000169. The van der Waals surface area contributed by atoms with E-state index in [0.717, 1.165) is 38.2 Å². The Morgan fingerprint density at radius 2 is 1.81 bits per heavy atom. The summed E-state index contributed by atoms with van der Waals surface area (Å²) in [5.41, 5.74) is 4.91. The molecule has 1 aliphatic rings. The van der Waals surface area contributed by atoms with Crippen LogP contribution in [0.3, 0.4) is 0 Å². The molecular formula is C20H27Cl2N3O. The minimum Gasteiger partial charge on any atom is -0.367 e. The monoisotopic (exact) mass is 395 g/mol. The van der Waals surface area contributed by atoms with Crippen molar-refractivity contribution in [3.05, 3.63) is 59.7 Å². The number of rotatable bonds is 7. The first kappa shape index (κ1) is 22.3. The summed E-state index contributed by atoms with van der Waals surface area (Å²) in [7, 11) is 1.90. The van der Waals surface area contributed by atoms with Gasteiger partial charge in [-0.2, -0.15) is 0 Å². The van der Waals surface area contributed by atoms with Gasteiger partial charge in [0.2, 0.25) is 5.91 Å². The molecule has 0 unspecified atom stereocenters. The summed E-state index contributed by atoms with van der Waals surface area (Å²) >= 11 is 0. The van der Waals surface area contributed by atoms with Gasteiger partial charge in [0.25, 0.3) is 0 Å². The normalized spacial score (nSPS) is 12.0. The Morgan fingerprint density at radius 3 is 2.54 bits per heavy atom. The molecule has 1 heterocycles. The zero-order valence-corrected chi connectivity index (χ0v) is 16.7. The predicted molar refractivity (Wildman–Crippen MR) is 114 cm³/mol. The Kier molecular flexibility index (Phi) is 9.49. The number of halogens is 2. The number of hydrogen-bond acceptors (Lipinski definition) is 3. The van der Waals surface area contributed by atoms with Crippen LogP contribution in [0, 0.1) is 0 Å². The van der Waals surface area contributed by atoms with Crippen LogP contribution in [0.15, 0.2) is 48.5 Å². The second-order valence-corrected chi connectivity index (χ2v) is 6.25. The number of amides is 1. The average Bonchev–Trinajstić information content (AvgIpc) is 3.00. The van der Waals surface area contributed by atoms with Gasteiger partial charge in [0.1, 0.15) is 0 Å². The number of anilines is 2. The van der Waals surface area contributed by atoms with Gasteiger partial charge in [-0.25, -0.2) is 0 Å². The van der Waals surface area contributed by atoms with E-state index in [1.54, 1.807) is 0 Å². The third kappa shape index (κ3) is 5.90. The van der Waals surface area contributed by atoms with Gasteiger partial charge < -0.3 is 15.5 Å². The molecule has 1 aliphatic heterocycles. The van der Waals surface area contributed by atoms with Crippen molar-refractivity contribution in [1.29, 1.82) is 0 Å². The van der Waals surface area contributed by atoms with Crippen molar-refractivity contribution in [1.82, 2.24) is 5.32 Å². The SMILES string of the molecule is CNCCCC(=O)Nc1ccc(CN2CCc3ccccc32)cc1.Cl.Cl. The van der Waals surface area contributed by atoms with Gasteiger partial charge >= 0.3 is 0 Å². The first-order valence-electron chi connectivity index (χ1n) is 8.62. The van der Waals surface area contributed by atoms with Gasteiger partial charge in [-0.15, -0.1) is 24.8 Å². The number of hydrogen-bond donors (Lipinski definition) is 2. The minimum atomic E-state index is 0. The van der Waals surface area contributed by atoms with Crippen LogP contribution in [0.5, 0.6) is 0 Å². The molecular weight excluding hydrogens is 369 g/mol. The fourth-order valence-electron chi connectivity index (χ4n) is 3.13. The van der Waals surface area contributed by atoms with Gasteiger partial charge in [0.15, 0.2) is 0 Å². The lowest BCUT2D eigenvalue weighted by Crippen LogP contribution is -2.19. The molecule has 0 radical (unpaired) electrons. The standard InChI is InChI=1S/C20H25N3O.2ClH/c1-21-13-4-7-20(24)22-18-10-8-16(9-11-18)15-23-14-12-17-5-2-3-6-19(17)23;;/h2-3,5-6,8-11,21H,4,7,12-15H2,1H3,(H,22,24);2*1H. The highest BCUT2D eigenvalue weighted by Crippen LogP contribution is 2.28. The fourth-order valence-corrected chi connectivity index (χ4v) is 3.13. The maximum absolute atomic E-state index is 11.8. The van der Waals surface area contributed by atoms with Crippen molar-refractivity contribution in [2.45, 2.75) is 25.8 Å². The molecule has 142 valence electrons. The van der Waals surface area contributed by atoms with Gasteiger partial charge in [-0.1, -0.05) is 30.3 Å². The molecule has 0 spiro atoms. The zero-order valence-electron chi connectivity index (χ0n) is 15.0. The largest absolute Gasteiger partial charge is 0.367 e. The molecule has 1 amide bonds. The van der Waals surface area contributed by atoms with Crippen molar-refractivity contribution in [3.63, 3.8) is 0 Å². The molecule has 0 atom stereocenters. The number of nitrogens with zero attached hydrogens (tertiary/aromatic N) is 1. The van der Waals surface area contributed by atoms with Gasteiger partial charge in [0, 0.05) is 30.9 Å². The lowest BCUT2D eigenvalue weighted by atomic mass is 10.1. The predicted octanol–water partition coefficient (Wildman–Crippen LogP) is 4.03. The summed E-state index contributed by atoms with van der Waals surface area (Å²) in [6.45, 7) is 2.85. The van der Waals surface area contributed by atoms with Crippen LogP contribution >= 0.6 is 24.8 Å². The van der Waals surface area contributed by atoms with E-state index >= 15 is 0 Å². The molecule has 0 aromatic heterocycles. The van der Waals surface area contributed by atoms with Crippen molar-refractivity contribution < 1.29 is 4.79 Å².